The van der Waals surface area contributed by atoms with Gasteiger partial charge in [-0.05, 0) is 18.6 Å². The van der Waals surface area contributed by atoms with E-state index in [9.17, 15) is 9.59 Å². The summed E-state index contributed by atoms with van der Waals surface area (Å²) < 4.78 is 0. The molecule has 0 aromatic heterocycles. The summed E-state index contributed by atoms with van der Waals surface area (Å²) in [6, 6.07) is 9.57. The lowest BCUT2D eigenvalue weighted by molar-refractivity contribution is -0.131. The van der Waals surface area contributed by atoms with Crippen LogP contribution in [0.3, 0.4) is 0 Å². The van der Waals surface area contributed by atoms with E-state index in [0.29, 0.717) is 19.6 Å². The summed E-state index contributed by atoms with van der Waals surface area (Å²) in [6.07, 6.45) is 4.40. The number of carbonyl (C=O) groups excluding carboxylic acids is 2. The third kappa shape index (κ3) is 4.09. The van der Waals surface area contributed by atoms with Crippen LogP contribution in [0.2, 0.25) is 0 Å². The molecule has 4 heteroatoms. The van der Waals surface area contributed by atoms with Crippen molar-refractivity contribution in [1.82, 2.24) is 9.80 Å². The zero-order valence-electron chi connectivity index (χ0n) is 13.6. The van der Waals surface area contributed by atoms with Gasteiger partial charge in [0.1, 0.15) is 0 Å². The quantitative estimate of drug-likeness (QED) is 0.785. The van der Waals surface area contributed by atoms with E-state index in [1.807, 2.05) is 40.1 Å². The first kappa shape index (κ1) is 16.5. The second-order valence-corrected chi connectivity index (χ2v) is 5.98. The van der Waals surface area contributed by atoms with Gasteiger partial charge in [0.05, 0.1) is 0 Å². The van der Waals surface area contributed by atoms with Crippen LogP contribution in [0.25, 0.3) is 0 Å². The summed E-state index contributed by atoms with van der Waals surface area (Å²) in [5.41, 5.74) is 0.735. The molecule has 1 aliphatic rings. The maximum atomic E-state index is 12.7. The summed E-state index contributed by atoms with van der Waals surface area (Å²) in [5, 5.41) is 0. The van der Waals surface area contributed by atoms with Crippen LogP contribution in [-0.2, 0) is 4.79 Å². The van der Waals surface area contributed by atoms with Crippen LogP contribution in [-0.4, -0.2) is 47.3 Å². The largest absolute Gasteiger partial charge is 0.339 e. The molecule has 120 valence electrons. The summed E-state index contributed by atoms with van der Waals surface area (Å²) in [6.45, 7) is 5.72. The highest BCUT2D eigenvalue weighted by atomic mass is 16.2. The van der Waals surface area contributed by atoms with Crippen LogP contribution < -0.4 is 0 Å². The number of benzene rings is 1. The zero-order valence-corrected chi connectivity index (χ0v) is 13.6. The molecule has 1 atom stereocenters. The second kappa shape index (κ2) is 7.97. The minimum atomic E-state index is 0.0882. The lowest BCUT2D eigenvalue weighted by atomic mass is 10.0. The first-order valence-electron chi connectivity index (χ1n) is 8.25. The fraction of sp³-hybridized carbons (Fsp3) is 0.556. The van der Waals surface area contributed by atoms with Gasteiger partial charge in [0, 0.05) is 38.2 Å². The van der Waals surface area contributed by atoms with E-state index in [4.69, 9.17) is 0 Å². The number of carbonyl (C=O) groups is 2. The Balaban J connectivity index is 2.09. The molecule has 0 spiro atoms. The van der Waals surface area contributed by atoms with Crippen molar-refractivity contribution < 1.29 is 9.59 Å². The highest BCUT2D eigenvalue weighted by Gasteiger charge is 2.31. The first-order chi connectivity index (χ1) is 10.6. The van der Waals surface area contributed by atoms with Crippen molar-refractivity contribution in [2.24, 2.45) is 0 Å². The summed E-state index contributed by atoms with van der Waals surface area (Å²) >= 11 is 0. The van der Waals surface area contributed by atoms with Crippen molar-refractivity contribution in [3.63, 3.8) is 0 Å². The normalized spacial score (nSPS) is 18.4. The van der Waals surface area contributed by atoms with Crippen LogP contribution in [0.15, 0.2) is 30.3 Å². The van der Waals surface area contributed by atoms with Crippen molar-refractivity contribution in [2.75, 3.05) is 19.6 Å². The number of amides is 2. The molecule has 1 aliphatic heterocycles. The van der Waals surface area contributed by atoms with Gasteiger partial charge >= 0.3 is 0 Å². The molecule has 1 fully saturated rings. The van der Waals surface area contributed by atoms with E-state index in [-0.39, 0.29) is 17.9 Å². The highest BCUT2D eigenvalue weighted by molar-refractivity contribution is 5.94. The number of rotatable bonds is 5. The highest BCUT2D eigenvalue weighted by Crippen LogP contribution is 2.19. The van der Waals surface area contributed by atoms with Crippen molar-refractivity contribution in [3.05, 3.63) is 35.9 Å². The third-order valence-electron chi connectivity index (χ3n) is 4.35. The predicted molar refractivity (Wildman–Crippen MR) is 87.7 cm³/mol. The molecule has 1 heterocycles. The van der Waals surface area contributed by atoms with Crippen LogP contribution in [0.4, 0.5) is 0 Å². The van der Waals surface area contributed by atoms with Gasteiger partial charge in [-0.25, -0.2) is 0 Å². The van der Waals surface area contributed by atoms with Crippen LogP contribution in [0.5, 0.6) is 0 Å². The monoisotopic (exact) mass is 302 g/mol. The Labute approximate surface area is 133 Å². The number of hydrogen-bond acceptors (Lipinski definition) is 2. The fourth-order valence-electron chi connectivity index (χ4n) is 3.03. The smallest absolute Gasteiger partial charge is 0.254 e. The van der Waals surface area contributed by atoms with Gasteiger partial charge in [0.2, 0.25) is 5.91 Å². The first-order valence-corrected chi connectivity index (χ1v) is 8.25. The van der Waals surface area contributed by atoms with Gasteiger partial charge in [-0.15, -0.1) is 0 Å². The molecule has 0 radical (unpaired) electrons. The standard InChI is InChI=1S/C18H26N2O2/c1-3-4-6-11-17-14-19(15(2)21)12-13-20(17)18(22)16-9-7-5-8-10-16/h5,7-10,17H,3-4,6,11-14H2,1-2H3. The minimum absolute atomic E-state index is 0.0882. The van der Waals surface area contributed by atoms with E-state index in [2.05, 4.69) is 6.92 Å². The summed E-state index contributed by atoms with van der Waals surface area (Å²) in [7, 11) is 0. The van der Waals surface area contributed by atoms with Gasteiger partial charge in [0.25, 0.3) is 5.91 Å². The molecule has 1 saturated heterocycles. The molecule has 4 nitrogen and oxygen atoms in total. The van der Waals surface area contributed by atoms with E-state index in [1.54, 1.807) is 6.92 Å². The molecule has 0 bridgehead atoms. The van der Waals surface area contributed by atoms with Gasteiger partial charge in [-0.1, -0.05) is 44.4 Å². The molecular weight excluding hydrogens is 276 g/mol. The van der Waals surface area contributed by atoms with Gasteiger partial charge in [0.15, 0.2) is 0 Å². The molecular formula is C18H26N2O2. The number of unbranched alkanes of at least 4 members (excludes halogenated alkanes) is 2. The summed E-state index contributed by atoms with van der Waals surface area (Å²) in [4.78, 5) is 28.2. The molecule has 1 aromatic rings. The van der Waals surface area contributed by atoms with Crippen molar-refractivity contribution in [2.45, 2.75) is 45.6 Å². The Kier molecular flexibility index (Phi) is 5.99. The van der Waals surface area contributed by atoms with Gasteiger partial charge in [-0.2, -0.15) is 0 Å². The van der Waals surface area contributed by atoms with Gasteiger partial charge < -0.3 is 9.80 Å². The van der Waals surface area contributed by atoms with Crippen molar-refractivity contribution >= 4 is 11.8 Å². The van der Waals surface area contributed by atoms with Crippen LogP contribution >= 0.6 is 0 Å². The molecule has 1 unspecified atom stereocenters. The van der Waals surface area contributed by atoms with Crippen molar-refractivity contribution in [3.8, 4) is 0 Å². The predicted octanol–water partition coefficient (Wildman–Crippen LogP) is 2.94. The van der Waals surface area contributed by atoms with E-state index in [0.717, 1.165) is 24.8 Å². The molecule has 1 aromatic carbocycles. The third-order valence-corrected chi connectivity index (χ3v) is 4.35. The maximum absolute atomic E-state index is 12.7. The Bertz CT molecular complexity index is 501. The lowest BCUT2D eigenvalue weighted by Gasteiger charge is -2.41. The van der Waals surface area contributed by atoms with E-state index in [1.165, 1.54) is 6.42 Å². The Morgan fingerprint density at radius 1 is 1.14 bits per heavy atom. The SMILES string of the molecule is CCCCCC1CN(C(C)=O)CCN1C(=O)c1ccccc1. The Hall–Kier alpha value is -1.84. The van der Waals surface area contributed by atoms with E-state index < -0.39 is 0 Å². The lowest BCUT2D eigenvalue weighted by Crippen LogP contribution is -2.56. The fourth-order valence-corrected chi connectivity index (χ4v) is 3.03. The molecule has 0 saturated carbocycles. The topological polar surface area (TPSA) is 40.6 Å². The Morgan fingerprint density at radius 3 is 2.50 bits per heavy atom. The molecule has 0 N–H and O–H groups in total. The molecule has 0 aliphatic carbocycles. The number of nitrogens with zero attached hydrogens (tertiary/aromatic N) is 2. The molecule has 22 heavy (non-hydrogen) atoms. The number of piperazine rings is 1. The average Bonchev–Trinajstić information content (AvgIpc) is 2.55. The van der Waals surface area contributed by atoms with Gasteiger partial charge in [-0.3, -0.25) is 9.59 Å². The van der Waals surface area contributed by atoms with Crippen LogP contribution in [0, 0.1) is 0 Å². The second-order valence-electron chi connectivity index (χ2n) is 5.98. The van der Waals surface area contributed by atoms with E-state index >= 15 is 0 Å². The Morgan fingerprint density at radius 2 is 1.86 bits per heavy atom. The average molecular weight is 302 g/mol. The minimum Gasteiger partial charge on any atom is -0.339 e. The molecule has 2 amide bonds. The maximum Gasteiger partial charge on any atom is 0.254 e. The molecule has 2 rings (SSSR count). The zero-order chi connectivity index (χ0) is 15.9. The summed E-state index contributed by atoms with van der Waals surface area (Å²) in [5.74, 6) is 0.192. The number of hydrogen-bond donors (Lipinski definition) is 0. The van der Waals surface area contributed by atoms with Crippen LogP contribution in [0.1, 0.15) is 49.9 Å². The van der Waals surface area contributed by atoms with Crippen molar-refractivity contribution in [1.29, 1.82) is 0 Å².